The van der Waals surface area contributed by atoms with Crippen LogP contribution in [0.5, 0.6) is 0 Å². The molecule has 0 fully saturated rings. The van der Waals surface area contributed by atoms with Crippen molar-refractivity contribution in [2.75, 3.05) is 0 Å². The average molecular weight is 401 g/mol. The number of carbonyl (C=O) groups is 3. The Kier molecular flexibility index (Phi) is 7.57. The van der Waals surface area contributed by atoms with Crippen molar-refractivity contribution >= 4 is 29.7 Å². The summed E-state index contributed by atoms with van der Waals surface area (Å²) in [5.74, 6) is -1.39. The van der Waals surface area contributed by atoms with E-state index in [-0.39, 0.29) is 11.6 Å². The number of carbonyl (C=O) groups excluding carboxylic acids is 3. The van der Waals surface area contributed by atoms with Gasteiger partial charge in [-0.05, 0) is 52.0 Å². The SMILES string of the molecule is Cc1ccc(Sc2ncccc2C(=O)O[C@H](C)C(=O)NC(=O)NC(C)C)cc1. The van der Waals surface area contributed by atoms with E-state index in [9.17, 15) is 14.4 Å². The van der Waals surface area contributed by atoms with Gasteiger partial charge < -0.3 is 10.1 Å². The van der Waals surface area contributed by atoms with Gasteiger partial charge in [-0.3, -0.25) is 10.1 Å². The van der Waals surface area contributed by atoms with E-state index in [0.717, 1.165) is 10.5 Å². The molecule has 0 unspecified atom stereocenters. The highest BCUT2D eigenvalue weighted by molar-refractivity contribution is 7.99. The number of amides is 3. The van der Waals surface area contributed by atoms with Crippen LogP contribution in [0, 0.1) is 6.92 Å². The number of imide groups is 1. The first-order valence-corrected chi connectivity index (χ1v) is 9.59. The zero-order chi connectivity index (χ0) is 20.7. The fourth-order valence-corrected chi connectivity index (χ4v) is 3.01. The largest absolute Gasteiger partial charge is 0.449 e. The number of esters is 1. The summed E-state index contributed by atoms with van der Waals surface area (Å²) in [6.07, 6.45) is 0.447. The first-order valence-electron chi connectivity index (χ1n) is 8.78. The molecule has 0 bridgehead atoms. The summed E-state index contributed by atoms with van der Waals surface area (Å²) in [5, 5.41) is 5.14. The van der Waals surface area contributed by atoms with E-state index >= 15 is 0 Å². The lowest BCUT2D eigenvalue weighted by atomic mass is 10.2. The van der Waals surface area contributed by atoms with Crippen molar-refractivity contribution in [1.82, 2.24) is 15.6 Å². The molecule has 2 aromatic rings. The van der Waals surface area contributed by atoms with Crippen LogP contribution in [0.25, 0.3) is 0 Å². The molecule has 1 atom stereocenters. The second-order valence-electron chi connectivity index (χ2n) is 6.44. The molecular formula is C20H23N3O4S. The molecule has 1 heterocycles. The van der Waals surface area contributed by atoms with Crippen LogP contribution in [0.15, 0.2) is 52.5 Å². The molecule has 0 saturated carbocycles. The van der Waals surface area contributed by atoms with Gasteiger partial charge in [-0.15, -0.1) is 0 Å². The molecule has 0 radical (unpaired) electrons. The van der Waals surface area contributed by atoms with E-state index in [0.29, 0.717) is 5.03 Å². The fraction of sp³-hybridized carbons (Fsp3) is 0.300. The Morgan fingerprint density at radius 2 is 1.75 bits per heavy atom. The fourth-order valence-electron chi connectivity index (χ4n) is 2.13. The molecule has 1 aromatic carbocycles. The summed E-state index contributed by atoms with van der Waals surface area (Å²) < 4.78 is 5.22. The second-order valence-corrected chi connectivity index (χ2v) is 7.50. The van der Waals surface area contributed by atoms with E-state index < -0.39 is 24.0 Å². The number of rotatable bonds is 6. The number of nitrogens with one attached hydrogen (secondary N) is 2. The predicted molar refractivity (Wildman–Crippen MR) is 106 cm³/mol. The maximum Gasteiger partial charge on any atom is 0.341 e. The van der Waals surface area contributed by atoms with Crippen LogP contribution in [-0.4, -0.2) is 35.0 Å². The maximum atomic E-state index is 12.5. The van der Waals surface area contributed by atoms with Crippen molar-refractivity contribution in [1.29, 1.82) is 0 Å². The molecule has 1 aromatic heterocycles. The Hall–Kier alpha value is -2.87. The summed E-state index contributed by atoms with van der Waals surface area (Å²) in [5.41, 5.74) is 1.38. The lowest BCUT2D eigenvalue weighted by molar-refractivity contribution is -0.127. The standard InChI is InChI=1S/C20H23N3O4S/c1-12(2)22-20(26)23-17(24)14(4)27-19(25)16-6-5-11-21-18(16)28-15-9-7-13(3)8-10-15/h5-12,14H,1-4H3,(H2,22,23,24,26)/t14-/m1/s1. The zero-order valence-electron chi connectivity index (χ0n) is 16.2. The minimum absolute atomic E-state index is 0.123. The van der Waals surface area contributed by atoms with Gasteiger partial charge in [0.25, 0.3) is 5.91 Å². The van der Waals surface area contributed by atoms with E-state index in [4.69, 9.17) is 4.74 Å². The molecule has 28 heavy (non-hydrogen) atoms. The molecule has 2 rings (SSSR count). The lowest BCUT2D eigenvalue weighted by Gasteiger charge is -2.15. The number of hydrogen-bond donors (Lipinski definition) is 2. The Labute approximate surface area is 168 Å². The minimum Gasteiger partial charge on any atom is -0.449 e. The molecule has 0 saturated heterocycles. The molecule has 0 aliphatic carbocycles. The predicted octanol–water partition coefficient (Wildman–Crippen LogP) is 3.32. The van der Waals surface area contributed by atoms with Crippen molar-refractivity contribution in [2.45, 2.75) is 49.8 Å². The molecule has 8 heteroatoms. The van der Waals surface area contributed by atoms with Gasteiger partial charge >= 0.3 is 12.0 Å². The third-order valence-electron chi connectivity index (χ3n) is 3.54. The number of hydrogen-bond acceptors (Lipinski definition) is 6. The van der Waals surface area contributed by atoms with Crippen molar-refractivity contribution < 1.29 is 19.1 Å². The molecule has 0 aliphatic rings. The zero-order valence-corrected chi connectivity index (χ0v) is 17.0. The summed E-state index contributed by atoms with van der Waals surface area (Å²) in [4.78, 5) is 41.4. The van der Waals surface area contributed by atoms with Gasteiger partial charge in [-0.25, -0.2) is 14.6 Å². The number of aromatic nitrogens is 1. The molecule has 3 amide bonds. The number of nitrogens with zero attached hydrogens (tertiary/aromatic N) is 1. The van der Waals surface area contributed by atoms with Gasteiger partial charge in [0.1, 0.15) is 5.03 Å². The molecule has 7 nitrogen and oxygen atoms in total. The highest BCUT2D eigenvalue weighted by Gasteiger charge is 2.23. The lowest BCUT2D eigenvalue weighted by Crippen LogP contribution is -2.46. The van der Waals surface area contributed by atoms with Crippen molar-refractivity contribution in [3.05, 3.63) is 53.7 Å². The van der Waals surface area contributed by atoms with Crippen molar-refractivity contribution in [3.8, 4) is 0 Å². The number of benzene rings is 1. The van der Waals surface area contributed by atoms with E-state index in [2.05, 4.69) is 15.6 Å². The quantitative estimate of drug-likeness (QED) is 0.721. The van der Waals surface area contributed by atoms with Gasteiger partial charge in [-0.2, -0.15) is 0 Å². The number of urea groups is 1. The Bertz CT molecular complexity index is 853. The first-order chi connectivity index (χ1) is 13.3. The highest BCUT2D eigenvalue weighted by Crippen LogP contribution is 2.29. The van der Waals surface area contributed by atoms with Gasteiger partial charge in [0.05, 0.1) is 5.56 Å². The van der Waals surface area contributed by atoms with Gasteiger partial charge in [0.15, 0.2) is 6.10 Å². The van der Waals surface area contributed by atoms with Gasteiger partial charge in [0, 0.05) is 17.1 Å². The van der Waals surface area contributed by atoms with Crippen LogP contribution in [0.2, 0.25) is 0 Å². The van der Waals surface area contributed by atoms with Crippen LogP contribution in [-0.2, 0) is 9.53 Å². The first kappa shape index (κ1) is 21.4. The van der Waals surface area contributed by atoms with Gasteiger partial charge in [0.2, 0.25) is 0 Å². The number of pyridine rings is 1. The third kappa shape index (κ3) is 6.38. The summed E-state index contributed by atoms with van der Waals surface area (Å²) >= 11 is 1.33. The Morgan fingerprint density at radius 3 is 2.39 bits per heavy atom. The van der Waals surface area contributed by atoms with Crippen LogP contribution in [0.4, 0.5) is 4.79 Å². The topological polar surface area (TPSA) is 97.4 Å². The molecule has 0 spiro atoms. The second kappa shape index (κ2) is 9.89. The normalized spacial score (nSPS) is 11.6. The monoisotopic (exact) mass is 401 g/mol. The van der Waals surface area contributed by atoms with Crippen LogP contribution in [0.1, 0.15) is 36.7 Å². The molecule has 2 N–H and O–H groups in total. The average Bonchev–Trinajstić information content (AvgIpc) is 2.63. The van der Waals surface area contributed by atoms with Gasteiger partial charge in [-0.1, -0.05) is 29.5 Å². The summed E-state index contributed by atoms with van der Waals surface area (Å²) in [6, 6.07) is 10.3. The Morgan fingerprint density at radius 1 is 1.07 bits per heavy atom. The van der Waals surface area contributed by atoms with Crippen molar-refractivity contribution in [3.63, 3.8) is 0 Å². The highest BCUT2D eigenvalue weighted by atomic mass is 32.2. The van der Waals surface area contributed by atoms with Crippen molar-refractivity contribution in [2.24, 2.45) is 0 Å². The van der Waals surface area contributed by atoms with Crippen LogP contribution < -0.4 is 10.6 Å². The van der Waals surface area contributed by atoms with E-state index in [1.165, 1.54) is 18.7 Å². The number of ether oxygens (including phenoxy) is 1. The summed E-state index contributed by atoms with van der Waals surface area (Å²) in [6.45, 7) is 6.93. The maximum absolute atomic E-state index is 12.5. The summed E-state index contributed by atoms with van der Waals surface area (Å²) in [7, 11) is 0. The van der Waals surface area contributed by atoms with E-state index in [1.54, 1.807) is 32.2 Å². The molecular weight excluding hydrogens is 378 g/mol. The van der Waals surface area contributed by atoms with Crippen LogP contribution in [0.3, 0.4) is 0 Å². The third-order valence-corrected chi connectivity index (χ3v) is 4.56. The number of aryl methyl sites for hydroxylation is 1. The smallest absolute Gasteiger partial charge is 0.341 e. The minimum atomic E-state index is -1.14. The van der Waals surface area contributed by atoms with E-state index in [1.807, 2.05) is 31.2 Å². The molecule has 0 aliphatic heterocycles. The van der Waals surface area contributed by atoms with Crippen LogP contribution >= 0.6 is 11.8 Å². The molecule has 148 valence electrons. The Balaban J connectivity index is 2.04.